The van der Waals surface area contributed by atoms with Gasteiger partial charge in [-0.2, -0.15) is 5.10 Å². The average Bonchev–Trinajstić information content (AvgIpc) is 2.92. The number of nitrogens with two attached hydrogens (primary N) is 1. The lowest BCUT2D eigenvalue weighted by Crippen LogP contribution is -2.40. The molecule has 130 valence electrons. The van der Waals surface area contributed by atoms with Crippen LogP contribution in [-0.4, -0.2) is 33.4 Å². The number of aryl methyl sites for hydroxylation is 1. The maximum atomic E-state index is 13.2. The van der Waals surface area contributed by atoms with Gasteiger partial charge in [-0.15, -0.1) is 0 Å². The first kappa shape index (κ1) is 17.9. The highest BCUT2D eigenvalue weighted by molar-refractivity contribution is 5.95. The fourth-order valence-electron chi connectivity index (χ4n) is 2.48. The number of nitrogens with zero attached hydrogens (tertiary/aromatic N) is 2. The van der Waals surface area contributed by atoms with E-state index < -0.39 is 5.91 Å². The SMILES string of the molecule is CCCCC(CN)NC(=O)c1nn(-c2ccc(F)cc2C)cc1O. The Bertz CT molecular complexity index is 715. The third-order valence-electron chi connectivity index (χ3n) is 3.84. The number of nitrogens with one attached hydrogen (secondary N) is 1. The predicted octanol–water partition coefficient (Wildman–Crippen LogP) is 2.27. The van der Waals surface area contributed by atoms with Crippen LogP contribution in [0, 0.1) is 12.7 Å². The largest absolute Gasteiger partial charge is 0.504 e. The zero-order chi connectivity index (χ0) is 17.7. The Hall–Kier alpha value is -2.41. The smallest absolute Gasteiger partial charge is 0.275 e. The molecule has 0 bridgehead atoms. The minimum absolute atomic E-state index is 0.0753. The second-order valence-corrected chi connectivity index (χ2v) is 5.79. The van der Waals surface area contributed by atoms with E-state index in [9.17, 15) is 14.3 Å². The van der Waals surface area contributed by atoms with Crippen LogP contribution in [0.2, 0.25) is 0 Å². The highest BCUT2D eigenvalue weighted by Crippen LogP contribution is 2.21. The molecular weight excluding hydrogens is 311 g/mol. The number of halogens is 1. The van der Waals surface area contributed by atoms with E-state index in [0.717, 1.165) is 19.3 Å². The van der Waals surface area contributed by atoms with Gasteiger partial charge in [0.1, 0.15) is 5.82 Å². The molecule has 0 spiro atoms. The minimum atomic E-state index is -0.474. The summed E-state index contributed by atoms with van der Waals surface area (Å²) in [6.07, 6.45) is 4.07. The molecular formula is C17H23FN4O2. The van der Waals surface area contributed by atoms with Gasteiger partial charge in [0.25, 0.3) is 5.91 Å². The van der Waals surface area contributed by atoms with Gasteiger partial charge in [-0.3, -0.25) is 4.79 Å². The van der Waals surface area contributed by atoms with Gasteiger partial charge in [-0.05, 0) is 37.1 Å². The third kappa shape index (κ3) is 4.11. The van der Waals surface area contributed by atoms with Crippen LogP contribution in [0.3, 0.4) is 0 Å². The molecule has 24 heavy (non-hydrogen) atoms. The van der Waals surface area contributed by atoms with Gasteiger partial charge < -0.3 is 16.2 Å². The van der Waals surface area contributed by atoms with Crippen molar-refractivity contribution in [1.29, 1.82) is 0 Å². The standard InChI is InChI=1S/C17H23FN4O2/c1-3-4-5-13(9-19)20-17(24)16-15(23)10-22(21-16)14-7-6-12(18)8-11(14)2/h6-8,10,13,23H,3-5,9,19H2,1-2H3,(H,20,24). The Kier molecular flexibility index (Phi) is 5.92. The van der Waals surface area contributed by atoms with Gasteiger partial charge in [0, 0.05) is 12.6 Å². The van der Waals surface area contributed by atoms with E-state index in [1.807, 2.05) is 0 Å². The summed E-state index contributed by atoms with van der Waals surface area (Å²) >= 11 is 0. The van der Waals surface area contributed by atoms with Gasteiger partial charge in [0.2, 0.25) is 0 Å². The molecule has 6 nitrogen and oxygen atoms in total. The fraction of sp³-hybridized carbons (Fsp3) is 0.412. The Morgan fingerprint density at radius 3 is 2.88 bits per heavy atom. The number of rotatable bonds is 7. The first-order valence-electron chi connectivity index (χ1n) is 8.02. The molecule has 2 rings (SSSR count). The van der Waals surface area contributed by atoms with Crippen molar-refractivity contribution in [1.82, 2.24) is 15.1 Å². The summed E-state index contributed by atoms with van der Waals surface area (Å²) in [5.74, 6) is -1.06. The molecule has 1 heterocycles. The second-order valence-electron chi connectivity index (χ2n) is 5.79. The first-order chi connectivity index (χ1) is 11.5. The van der Waals surface area contributed by atoms with Crippen molar-refractivity contribution in [3.8, 4) is 11.4 Å². The van der Waals surface area contributed by atoms with Crippen LogP contribution in [0.1, 0.15) is 42.2 Å². The summed E-state index contributed by atoms with van der Waals surface area (Å²) in [6, 6.07) is 4.05. The summed E-state index contributed by atoms with van der Waals surface area (Å²) < 4.78 is 14.6. The normalized spacial score (nSPS) is 12.2. The van der Waals surface area contributed by atoms with E-state index in [2.05, 4.69) is 17.3 Å². The molecule has 2 aromatic rings. The first-order valence-corrected chi connectivity index (χ1v) is 8.02. The number of hydrogen-bond donors (Lipinski definition) is 3. The van der Waals surface area contributed by atoms with E-state index in [1.165, 1.54) is 23.0 Å². The average molecular weight is 334 g/mol. The number of unbranched alkanes of at least 4 members (excludes halogenated alkanes) is 1. The molecule has 0 radical (unpaired) electrons. The lowest BCUT2D eigenvalue weighted by Gasteiger charge is -2.15. The molecule has 0 aliphatic heterocycles. The number of hydrogen-bond acceptors (Lipinski definition) is 4. The Morgan fingerprint density at radius 2 is 2.25 bits per heavy atom. The number of amides is 1. The van der Waals surface area contributed by atoms with Crippen molar-refractivity contribution >= 4 is 5.91 Å². The van der Waals surface area contributed by atoms with E-state index >= 15 is 0 Å². The zero-order valence-electron chi connectivity index (χ0n) is 13.9. The van der Waals surface area contributed by atoms with Gasteiger partial charge in [0.05, 0.1) is 11.9 Å². The van der Waals surface area contributed by atoms with Gasteiger partial charge in [-0.1, -0.05) is 19.8 Å². The van der Waals surface area contributed by atoms with Crippen LogP contribution in [0.25, 0.3) is 5.69 Å². The summed E-state index contributed by atoms with van der Waals surface area (Å²) in [4.78, 5) is 12.3. The van der Waals surface area contributed by atoms with Gasteiger partial charge >= 0.3 is 0 Å². The monoisotopic (exact) mass is 334 g/mol. The summed E-state index contributed by atoms with van der Waals surface area (Å²) in [6.45, 7) is 4.12. The molecule has 1 aromatic heterocycles. The van der Waals surface area contributed by atoms with E-state index in [1.54, 1.807) is 13.0 Å². The van der Waals surface area contributed by atoms with Crippen LogP contribution >= 0.6 is 0 Å². The number of carbonyl (C=O) groups is 1. The van der Waals surface area contributed by atoms with Gasteiger partial charge in [-0.25, -0.2) is 9.07 Å². The topological polar surface area (TPSA) is 93.2 Å². The molecule has 4 N–H and O–H groups in total. The maximum Gasteiger partial charge on any atom is 0.275 e. The summed E-state index contributed by atoms with van der Waals surface area (Å²) in [5, 5.41) is 16.9. The Balaban J connectivity index is 2.20. The summed E-state index contributed by atoms with van der Waals surface area (Å²) in [7, 11) is 0. The number of benzene rings is 1. The molecule has 1 aromatic carbocycles. The van der Waals surface area contributed by atoms with Gasteiger partial charge in [0.15, 0.2) is 11.4 Å². The highest BCUT2D eigenvalue weighted by Gasteiger charge is 2.20. The molecule has 0 aliphatic rings. The minimum Gasteiger partial charge on any atom is -0.504 e. The number of aromatic nitrogens is 2. The number of aromatic hydroxyl groups is 1. The molecule has 0 saturated carbocycles. The molecule has 1 atom stereocenters. The fourth-order valence-corrected chi connectivity index (χ4v) is 2.48. The third-order valence-corrected chi connectivity index (χ3v) is 3.84. The highest BCUT2D eigenvalue weighted by atomic mass is 19.1. The van der Waals surface area contributed by atoms with Crippen molar-refractivity contribution in [3.63, 3.8) is 0 Å². The van der Waals surface area contributed by atoms with E-state index in [-0.39, 0.29) is 23.3 Å². The molecule has 0 aliphatic carbocycles. The zero-order valence-corrected chi connectivity index (χ0v) is 13.9. The number of carbonyl (C=O) groups excluding carboxylic acids is 1. The maximum absolute atomic E-state index is 13.2. The van der Waals surface area contributed by atoms with Crippen LogP contribution in [0.15, 0.2) is 24.4 Å². The van der Waals surface area contributed by atoms with Crippen molar-refractivity contribution < 1.29 is 14.3 Å². The van der Waals surface area contributed by atoms with E-state index in [4.69, 9.17) is 5.73 Å². The molecule has 0 fully saturated rings. The van der Waals surface area contributed by atoms with Crippen molar-refractivity contribution in [2.75, 3.05) is 6.54 Å². The quantitative estimate of drug-likeness (QED) is 0.724. The Labute approximate surface area is 140 Å². The van der Waals surface area contributed by atoms with Crippen molar-refractivity contribution in [2.24, 2.45) is 5.73 Å². The van der Waals surface area contributed by atoms with Crippen molar-refractivity contribution in [3.05, 3.63) is 41.5 Å². The Morgan fingerprint density at radius 1 is 1.50 bits per heavy atom. The van der Waals surface area contributed by atoms with Crippen LogP contribution < -0.4 is 11.1 Å². The van der Waals surface area contributed by atoms with E-state index in [0.29, 0.717) is 17.8 Å². The second kappa shape index (κ2) is 7.92. The predicted molar refractivity (Wildman–Crippen MR) is 89.8 cm³/mol. The van der Waals surface area contributed by atoms with Crippen LogP contribution in [0.4, 0.5) is 4.39 Å². The van der Waals surface area contributed by atoms with Crippen molar-refractivity contribution in [2.45, 2.75) is 39.2 Å². The van der Waals surface area contributed by atoms with Crippen LogP contribution in [-0.2, 0) is 0 Å². The lowest BCUT2D eigenvalue weighted by molar-refractivity contribution is 0.0927. The lowest BCUT2D eigenvalue weighted by atomic mass is 10.1. The molecule has 1 amide bonds. The molecule has 1 unspecified atom stereocenters. The molecule has 0 saturated heterocycles. The molecule has 7 heteroatoms. The summed E-state index contributed by atoms with van der Waals surface area (Å²) in [5.41, 5.74) is 6.83. The van der Waals surface area contributed by atoms with Crippen LogP contribution in [0.5, 0.6) is 5.75 Å².